The lowest BCUT2D eigenvalue weighted by atomic mass is 9.92. The van der Waals surface area contributed by atoms with Gasteiger partial charge in [0.1, 0.15) is 28.0 Å². The van der Waals surface area contributed by atoms with Crippen molar-refractivity contribution >= 4 is 43.9 Å². The molecule has 0 bridgehead atoms. The van der Waals surface area contributed by atoms with Gasteiger partial charge in [-0.1, -0.05) is 18.2 Å². The van der Waals surface area contributed by atoms with Gasteiger partial charge in [0, 0.05) is 54.8 Å². The van der Waals surface area contributed by atoms with Crippen molar-refractivity contribution in [2.45, 2.75) is 13.2 Å². The molecule has 1 unspecified atom stereocenters. The number of fused-ring (bicyclic) bond motifs is 1. The second-order valence-corrected chi connectivity index (χ2v) is 12.3. The summed E-state index contributed by atoms with van der Waals surface area (Å²) in [7, 11) is -2.99. The molecular formula is C28H28FN5O3S2. The van der Waals surface area contributed by atoms with Gasteiger partial charge in [-0.2, -0.15) is 0 Å². The summed E-state index contributed by atoms with van der Waals surface area (Å²) in [5, 5.41) is 5.92. The quantitative estimate of drug-likeness (QED) is 0.359. The molecule has 3 aromatic rings. The molecule has 202 valence electrons. The van der Waals surface area contributed by atoms with Gasteiger partial charge in [0.2, 0.25) is 0 Å². The third-order valence-electron chi connectivity index (χ3n) is 6.07. The molecule has 0 radical (unpaired) electrons. The van der Waals surface area contributed by atoms with Gasteiger partial charge in [-0.15, -0.1) is 11.3 Å². The second kappa shape index (κ2) is 12.0. The van der Waals surface area contributed by atoms with Gasteiger partial charge in [0.25, 0.3) is 0 Å². The average Bonchev–Trinajstić information content (AvgIpc) is 3.40. The lowest BCUT2D eigenvalue weighted by Crippen LogP contribution is -2.27. The molecule has 0 amide bonds. The zero-order valence-electron chi connectivity index (χ0n) is 21.3. The van der Waals surface area contributed by atoms with E-state index in [1.165, 1.54) is 29.7 Å². The molecule has 0 saturated carbocycles. The Morgan fingerprint density at radius 1 is 1.18 bits per heavy atom. The molecule has 8 nitrogen and oxygen atoms in total. The van der Waals surface area contributed by atoms with Gasteiger partial charge in [0.05, 0.1) is 29.4 Å². The SMILES string of the molecule is CS(=O)(=O)CCNCc1csc(N2C=CC3C=NCC(=Nc4ccc(OCc5ccc(F)cc5)cc4)C3=C2)n1. The fourth-order valence-electron chi connectivity index (χ4n) is 4.02. The molecule has 2 aliphatic rings. The summed E-state index contributed by atoms with van der Waals surface area (Å²) in [5.74, 6) is 0.584. The first-order valence-electron chi connectivity index (χ1n) is 12.4. The maximum absolute atomic E-state index is 13.1. The van der Waals surface area contributed by atoms with Crippen molar-refractivity contribution in [3.8, 4) is 5.75 Å². The Morgan fingerprint density at radius 3 is 2.74 bits per heavy atom. The van der Waals surface area contributed by atoms with E-state index in [1.54, 1.807) is 12.1 Å². The van der Waals surface area contributed by atoms with Crippen molar-refractivity contribution in [1.82, 2.24) is 10.3 Å². The summed E-state index contributed by atoms with van der Waals surface area (Å²) in [6.45, 7) is 1.74. The van der Waals surface area contributed by atoms with Gasteiger partial charge in [0.15, 0.2) is 5.13 Å². The highest BCUT2D eigenvalue weighted by atomic mass is 32.2. The zero-order valence-corrected chi connectivity index (χ0v) is 23.0. The summed E-state index contributed by atoms with van der Waals surface area (Å²) in [5.41, 5.74) is 4.50. The fourth-order valence-corrected chi connectivity index (χ4v) is 5.32. The Morgan fingerprint density at radius 2 is 1.97 bits per heavy atom. The van der Waals surface area contributed by atoms with Gasteiger partial charge in [-0.25, -0.2) is 17.8 Å². The highest BCUT2D eigenvalue weighted by Gasteiger charge is 2.24. The van der Waals surface area contributed by atoms with Crippen LogP contribution in [0.4, 0.5) is 15.2 Å². The number of thiazole rings is 1. The van der Waals surface area contributed by atoms with Crippen LogP contribution in [0.2, 0.25) is 0 Å². The van der Waals surface area contributed by atoms with Crippen LogP contribution in [-0.2, 0) is 23.0 Å². The Bertz CT molecular complexity index is 1530. The molecule has 5 rings (SSSR count). The summed E-state index contributed by atoms with van der Waals surface area (Å²) in [4.78, 5) is 16.1. The van der Waals surface area contributed by atoms with Crippen LogP contribution < -0.4 is 15.0 Å². The van der Waals surface area contributed by atoms with Crippen LogP contribution in [0.25, 0.3) is 0 Å². The summed E-state index contributed by atoms with van der Waals surface area (Å²) in [6.07, 6.45) is 9.27. The number of benzene rings is 2. The number of sulfone groups is 1. The first-order chi connectivity index (χ1) is 18.8. The van der Waals surface area contributed by atoms with Crippen LogP contribution in [0, 0.1) is 11.7 Å². The minimum atomic E-state index is -2.99. The number of hydrogen-bond acceptors (Lipinski definition) is 9. The molecule has 39 heavy (non-hydrogen) atoms. The first-order valence-corrected chi connectivity index (χ1v) is 15.3. The zero-order chi connectivity index (χ0) is 27.2. The lowest BCUT2D eigenvalue weighted by molar-refractivity contribution is 0.306. The molecule has 0 aliphatic carbocycles. The molecule has 2 aromatic carbocycles. The van der Waals surface area contributed by atoms with Crippen LogP contribution in [0.3, 0.4) is 0 Å². The van der Waals surface area contributed by atoms with E-state index in [2.05, 4.69) is 22.6 Å². The number of nitrogens with one attached hydrogen (secondary N) is 1. The summed E-state index contributed by atoms with van der Waals surface area (Å²) >= 11 is 1.52. The number of aromatic nitrogens is 1. The highest BCUT2D eigenvalue weighted by Crippen LogP contribution is 2.30. The number of allylic oxidation sites excluding steroid dienone is 1. The topological polar surface area (TPSA) is 96.2 Å². The van der Waals surface area contributed by atoms with Crippen molar-refractivity contribution in [1.29, 1.82) is 0 Å². The number of nitrogens with zero attached hydrogens (tertiary/aromatic N) is 4. The van der Waals surface area contributed by atoms with Crippen LogP contribution in [0.15, 0.2) is 87.9 Å². The number of aliphatic imine (C=N–C) groups is 2. The van der Waals surface area contributed by atoms with E-state index in [1.807, 2.05) is 47.0 Å². The van der Waals surface area contributed by atoms with Crippen LogP contribution in [0.5, 0.6) is 5.75 Å². The van der Waals surface area contributed by atoms with Crippen LogP contribution >= 0.6 is 11.3 Å². The van der Waals surface area contributed by atoms with Crippen molar-refractivity contribution in [3.05, 3.63) is 95.0 Å². The second-order valence-electron chi connectivity index (χ2n) is 9.24. The number of anilines is 1. The number of ether oxygens (including phenoxy) is 1. The molecule has 1 aromatic heterocycles. The molecule has 3 heterocycles. The Hall–Kier alpha value is -3.67. The predicted molar refractivity (Wildman–Crippen MR) is 154 cm³/mol. The number of hydrogen-bond donors (Lipinski definition) is 1. The largest absolute Gasteiger partial charge is 0.489 e. The van der Waals surface area contributed by atoms with E-state index in [-0.39, 0.29) is 17.5 Å². The third kappa shape index (κ3) is 7.47. The number of halogens is 1. The minimum Gasteiger partial charge on any atom is -0.489 e. The van der Waals surface area contributed by atoms with Crippen molar-refractivity contribution in [3.63, 3.8) is 0 Å². The van der Waals surface area contributed by atoms with Gasteiger partial charge < -0.3 is 15.0 Å². The van der Waals surface area contributed by atoms with E-state index in [0.717, 1.165) is 33.4 Å². The molecule has 0 spiro atoms. The molecule has 0 fully saturated rings. The van der Waals surface area contributed by atoms with E-state index in [4.69, 9.17) is 14.7 Å². The smallest absolute Gasteiger partial charge is 0.193 e. The highest BCUT2D eigenvalue weighted by molar-refractivity contribution is 7.90. The van der Waals surface area contributed by atoms with E-state index < -0.39 is 9.84 Å². The molecular weight excluding hydrogens is 537 g/mol. The fraction of sp³-hybridized carbons (Fsp3) is 0.250. The lowest BCUT2D eigenvalue weighted by Gasteiger charge is -2.26. The average molecular weight is 566 g/mol. The van der Waals surface area contributed by atoms with E-state index >= 15 is 0 Å². The summed E-state index contributed by atoms with van der Waals surface area (Å²) < 4.78 is 41.5. The van der Waals surface area contributed by atoms with E-state index in [0.29, 0.717) is 32.0 Å². The van der Waals surface area contributed by atoms with Gasteiger partial charge in [-0.05, 0) is 42.0 Å². The van der Waals surface area contributed by atoms with Gasteiger partial charge in [-0.3, -0.25) is 9.98 Å². The monoisotopic (exact) mass is 565 g/mol. The normalized spacial score (nSPS) is 17.8. The predicted octanol–water partition coefficient (Wildman–Crippen LogP) is 4.69. The number of rotatable bonds is 10. The van der Waals surface area contributed by atoms with E-state index in [9.17, 15) is 12.8 Å². The standard InChI is InChI=1S/C28H28FN5O3S2/c1-39(35,36)13-11-30-15-24-19-38-28(33-24)34-12-10-21-14-31-16-27(26(21)17-34)32-23-6-8-25(9-7-23)37-18-20-2-4-22(29)5-3-20/h2-10,12,14,17,19,21,30H,11,13,15-16,18H2,1H3. The molecule has 0 saturated heterocycles. The molecule has 11 heteroatoms. The minimum absolute atomic E-state index is 0.0455. The molecule has 1 N–H and O–H groups in total. The van der Waals surface area contributed by atoms with Crippen molar-refractivity contribution in [2.75, 3.05) is 30.0 Å². The molecule has 1 atom stereocenters. The maximum Gasteiger partial charge on any atom is 0.193 e. The maximum atomic E-state index is 13.1. The molecule has 2 aliphatic heterocycles. The third-order valence-corrected chi connectivity index (χ3v) is 7.92. The van der Waals surface area contributed by atoms with Crippen molar-refractivity contribution in [2.24, 2.45) is 15.9 Å². The summed E-state index contributed by atoms with van der Waals surface area (Å²) in [6, 6.07) is 13.8. The Balaban J connectivity index is 1.24. The van der Waals surface area contributed by atoms with Crippen LogP contribution in [-0.4, -0.2) is 50.4 Å². The Labute approximate surface area is 231 Å². The first kappa shape index (κ1) is 26.9. The van der Waals surface area contributed by atoms with Crippen LogP contribution in [0.1, 0.15) is 11.3 Å². The van der Waals surface area contributed by atoms with Crippen molar-refractivity contribution < 1.29 is 17.5 Å². The van der Waals surface area contributed by atoms with Gasteiger partial charge >= 0.3 is 0 Å². The Kier molecular flexibility index (Phi) is 8.30.